The second-order valence-corrected chi connectivity index (χ2v) is 6.33. The molecule has 0 unspecified atom stereocenters. The van der Waals surface area contributed by atoms with Crippen LogP contribution in [0, 0.1) is 12.8 Å². The lowest BCUT2D eigenvalue weighted by atomic mass is 9.78. The molecule has 1 N–H and O–H groups in total. The number of aryl methyl sites for hydroxylation is 1. The number of nitrogens with one attached hydrogen (secondary N) is 1. The highest BCUT2D eigenvalue weighted by Gasteiger charge is 2.29. The van der Waals surface area contributed by atoms with Crippen LogP contribution in [0.2, 0.25) is 0 Å². The zero-order valence-electron chi connectivity index (χ0n) is 14.2. The molecule has 128 valence electrons. The summed E-state index contributed by atoms with van der Waals surface area (Å²) in [5.74, 6) is 1.45. The maximum Gasteiger partial charge on any atom is 0.308 e. The number of H-pyrrole nitrogens is 1. The van der Waals surface area contributed by atoms with Gasteiger partial charge >= 0.3 is 5.97 Å². The fourth-order valence-corrected chi connectivity index (χ4v) is 3.60. The molecule has 1 aromatic heterocycles. The minimum absolute atomic E-state index is 0.0228. The number of esters is 1. The van der Waals surface area contributed by atoms with E-state index in [2.05, 4.69) is 9.97 Å². The molecule has 1 fully saturated rings. The number of hydrogen-bond donors (Lipinski definition) is 1. The first-order chi connectivity index (χ1) is 11.5. The van der Waals surface area contributed by atoms with Crippen molar-refractivity contribution < 1.29 is 14.3 Å². The Morgan fingerprint density at radius 1 is 1.21 bits per heavy atom. The van der Waals surface area contributed by atoms with E-state index in [1.807, 2.05) is 12.1 Å². The Morgan fingerprint density at radius 2 is 1.92 bits per heavy atom. The fourth-order valence-electron chi connectivity index (χ4n) is 3.60. The second kappa shape index (κ2) is 6.63. The van der Waals surface area contributed by atoms with Gasteiger partial charge in [-0.1, -0.05) is 0 Å². The van der Waals surface area contributed by atoms with Gasteiger partial charge < -0.3 is 14.5 Å². The topological polar surface area (TPSA) is 81.3 Å². The maximum atomic E-state index is 12.2. The molecule has 1 aliphatic carbocycles. The molecule has 0 aliphatic heterocycles. The van der Waals surface area contributed by atoms with Crippen molar-refractivity contribution in [3.8, 4) is 5.75 Å². The highest BCUT2D eigenvalue weighted by Crippen LogP contribution is 2.40. The number of aromatic amines is 1. The summed E-state index contributed by atoms with van der Waals surface area (Å²) in [6.07, 6.45) is 3.33. The van der Waals surface area contributed by atoms with Crippen molar-refractivity contribution in [2.75, 3.05) is 14.2 Å². The number of benzene rings is 1. The molecule has 1 saturated carbocycles. The average molecular weight is 330 g/mol. The lowest BCUT2D eigenvalue weighted by Gasteiger charge is -2.28. The molecule has 0 saturated heterocycles. The van der Waals surface area contributed by atoms with E-state index in [1.165, 1.54) is 7.11 Å². The van der Waals surface area contributed by atoms with Gasteiger partial charge in [-0.25, -0.2) is 4.98 Å². The number of nitrogens with zero attached hydrogens (tertiary/aromatic N) is 1. The van der Waals surface area contributed by atoms with E-state index in [9.17, 15) is 9.59 Å². The first-order valence-corrected chi connectivity index (χ1v) is 8.20. The van der Waals surface area contributed by atoms with Gasteiger partial charge in [0.15, 0.2) is 0 Å². The summed E-state index contributed by atoms with van der Waals surface area (Å²) >= 11 is 0. The Balaban J connectivity index is 1.95. The van der Waals surface area contributed by atoms with Gasteiger partial charge in [0.25, 0.3) is 5.56 Å². The van der Waals surface area contributed by atoms with Crippen molar-refractivity contribution >= 4 is 16.9 Å². The zero-order chi connectivity index (χ0) is 17.3. The summed E-state index contributed by atoms with van der Waals surface area (Å²) in [4.78, 5) is 31.0. The van der Waals surface area contributed by atoms with Crippen LogP contribution in [0.1, 0.15) is 43.0 Å². The summed E-state index contributed by atoms with van der Waals surface area (Å²) in [6, 6.07) is 3.72. The molecule has 0 radical (unpaired) electrons. The van der Waals surface area contributed by atoms with Crippen LogP contribution < -0.4 is 10.3 Å². The summed E-state index contributed by atoms with van der Waals surface area (Å²) < 4.78 is 10.4. The number of ether oxygens (including phenoxy) is 2. The van der Waals surface area contributed by atoms with Gasteiger partial charge in [0.1, 0.15) is 11.6 Å². The van der Waals surface area contributed by atoms with Crippen LogP contribution in [0.3, 0.4) is 0 Å². The van der Waals surface area contributed by atoms with Crippen LogP contribution in [0.4, 0.5) is 0 Å². The van der Waals surface area contributed by atoms with E-state index in [-0.39, 0.29) is 23.4 Å². The van der Waals surface area contributed by atoms with Crippen molar-refractivity contribution in [2.24, 2.45) is 5.92 Å². The number of rotatable bonds is 3. The van der Waals surface area contributed by atoms with E-state index in [0.29, 0.717) is 16.7 Å². The maximum absolute atomic E-state index is 12.2. The van der Waals surface area contributed by atoms with Crippen molar-refractivity contribution in [3.05, 3.63) is 33.9 Å². The largest absolute Gasteiger partial charge is 0.496 e. The Labute approximate surface area is 140 Å². The first kappa shape index (κ1) is 16.5. The molecule has 0 atom stereocenters. The standard InChI is InChI=1S/C18H22N2O4/c1-10-19-15-9-16(23-2)13(8-14(15)17(21)20-10)11-4-6-12(7-5-11)18(22)24-3/h8-9,11-12H,4-7H2,1-3H3,(H,19,20,21)/t11-,12-. The molecule has 6 heteroatoms. The highest BCUT2D eigenvalue weighted by atomic mass is 16.5. The zero-order valence-corrected chi connectivity index (χ0v) is 14.2. The number of fused-ring (bicyclic) bond motifs is 1. The predicted octanol–water partition coefficient (Wildman–Crippen LogP) is 2.69. The molecule has 0 spiro atoms. The van der Waals surface area contributed by atoms with Crippen LogP contribution in [-0.4, -0.2) is 30.2 Å². The Hall–Kier alpha value is -2.37. The van der Waals surface area contributed by atoms with Crippen LogP contribution in [0.5, 0.6) is 5.75 Å². The SMILES string of the molecule is COc1cc2nc(C)[nH]c(=O)c2cc1[C@H]1CC[C@H](C(=O)OC)CC1. The molecule has 2 aromatic rings. The van der Waals surface area contributed by atoms with Gasteiger partial charge in [0, 0.05) is 6.07 Å². The number of aromatic nitrogens is 2. The van der Waals surface area contributed by atoms with Crippen molar-refractivity contribution in [2.45, 2.75) is 38.5 Å². The van der Waals surface area contributed by atoms with Gasteiger partial charge in [-0.15, -0.1) is 0 Å². The average Bonchev–Trinajstić information content (AvgIpc) is 2.60. The van der Waals surface area contributed by atoms with Crippen LogP contribution in [0.15, 0.2) is 16.9 Å². The number of hydrogen-bond acceptors (Lipinski definition) is 5. The molecule has 3 rings (SSSR count). The number of carbonyl (C=O) groups excluding carboxylic acids is 1. The van der Waals surface area contributed by atoms with E-state index in [4.69, 9.17) is 9.47 Å². The molecular formula is C18H22N2O4. The third-order valence-corrected chi connectivity index (χ3v) is 4.88. The molecule has 24 heavy (non-hydrogen) atoms. The van der Waals surface area contributed by atoms with E-state index < -0.39 is 0 Å². The minimum atomic E-state index is -0.135. The van der Waals surface area contributed by atoms with Gasteiger partial charge in [0.05, 0.1) is 31.0 Å². The predicted molar refractivity (Wildman–Crippen MR) is 90.4 cm³/mol. The molecule has 1 aliphatic rings. The molecule has 0 bridgehead atoms. The van der Waals surface area contributed by atoms with Gasteiger partial charge in [-0.3, -0.25) is 9.59 Å². The molecule has 1 heterocycles. The van der Waals surface area contributed by atoms with Gasteiger partial charge in [-0.2, -0.15) is 0 Å². The molecule has 0 amide bonds. The van der Waals surface area contributed by atoms with E-state index in [1.54, 1.807) is 14.0 Å². The third-order valence-electron chi connectivity index (χ3n) is 4.88. The highest BCUT2D eigenvalue weighted by molar-refractivity contribution is 5.81. The van der Waals surface area contributed by atoms with E-state index in [0.717, 1.165) is 37.0 Å². The fraction of sp³-hybridized carbons (Fsp3) is 0.500. The first-order valence-electron chi connectivity index (χ1n) is 8.20. The molecular weight excluding hydrogens is 308 g/mol. The Morgan fingerprint density at radius 3 is 2.54 bits per heavy atom. The minimum Gasteiger partial charge on any atom is -0.496 e. The van der Waals surface area contributed by atoms with Gasteiger partial charge in [-0.05, 0) is 50.2 Å². The van der Waals surface area contributed by atoms with E-state index >= 15 is 0 Å². The van der Waals surface area contributed by atoms with Crippen LogP contribution >= 0.6 is 0 Å². The monoisotopic (exact) mass is 330 g/mol. The second-order valence-electron chi connectivity index (χ2n) is 6.33. The Bertz CT molecular complexity index is 820. The smallest absolute Gasteiger partial charge is 0.308 e. The summed E-state index contributed by atoms with van der Waals surface area (Å²) in [5, 5.41) is 0.575. The normalized spacial score (nSPS) is 20.8. The Kier molecular flexibility index (Phi) is 4.55. The number of carbonyl (C=O) groups is 1. The van der Waals surface area contributed by atoms with Crippen molar-refractivity contribution in [1.82, 2.24) is 9.97 Å². The third kappa shape index (κ3) is 3.00. The van der Waals surface area contributed by atoms with Crippen LogP contribution in [0.25, 0.3) is 10.9 Å². The lowest BCUT2D eigenvalue weighted by Crippen LogP contribution is -2.22. The summed E-state index contributed by atoms with van der Waals surface area (Å²) in [5.41, 5.74) is 1.52. The number of methoxy groups -OCH3 is 2. The van der Waals surface area contributed by atoms with Crippen molar-refractivity contribution in [3.63, 3.8) is 0 Å². The summed E-state index contributed by atoms with van der Waals surface area (Å²) in [7, 11) is 3.06. The van der Waals surface area contributed by atoms with Crippen molar-refractivity contribution in [1.29, 1.82) is 0 Å². The summed E-state index contributed by atoms with van der Waals surface area (Å²) in [6.45, 7) is 1.76. The molecule has 6 nitrogen and oxygen atoms in total. The quantitative estimate of drug-likeness (QED) is 0.875. The molecule has 1 aromatic carbocycles. The van der Waals surface area contributed by atoms with Gasteiger partial charge in [0.2, 0.25) is 0 Å². The lowest BCUT2D eigenvalue weighted by molar-refractivity contribution is -0.146. The van der Waals surface area contributed by atoms with Crippen LogP contribution in [-0.2, 0) is 9.53 Å².